The Morgan fingerprint density at radius 3 is 2.69 bits per heavy atom. The highest BCUT2D eigenvalue weighted by molar-refractivity contribution is 9.10. The van der Waals surface area contributed by atoms with Crippen molar-refractivity contribution >= 4 is 39.6 Å². The molecule has 0 atom stereocenters. The van der Waals surface area contributed by atoms with E-state index < -0.39 is 11.9 Å². The van der Waals surface area contributed by atoms with E-state index in [9.17, 15) is 9.59 Å². The molecule has 1 amide bonds. The average Bonchev–Trinajstić information content (AvgIpc) is 2.62. The Kier molecular flexibility index (Phi) is 7.41. The number of ether oxygens (including phenoxy) is 2. The highest BCUT2D eigenvalue weighted by atomic mass is 79.9. The van der Waals surface area contributed by atoms with Crippen LogP contribution in [0.25, 0.3) is 6.08 Å². The van der Waals surface area contributed by atoms with E-state index in [0.717, 1.165) is 15.6 Å². The van der Waals surface area contributed by atoms with Gasteiger partial charge in [-0.05, 0) is 49.8 Å². The van der Waals surface area contributed by atoms with Crippen LogP contribution in [0.1, 0.15) is 18.1 Å². The van der Waals surface area contributed by atoms with Crippen LogP contribution < -0.4 is 10.1 Å². The predicted molar refractivity (Wildman–Crippen MR) is 105 cm³/mol. The van der Waals surface area contributed by atoms with Gasteiger partial charge in [-0.2, -0.15) is 0 Å². The number of hydrogen-bond donors (Lipinski definition) is 1. The fourth-order valence-corrected chi connectivity index (χ4v) is 2.68. The van der Waals surface area contributed by atoms with Crippen LogP contribution in [0.4, 0.5) is 5.69 Å². The first-order valence-corrected chi connectivity index (χ1v) is 8.91. The van der Waals surface area contributed by atoms with Crippen molar-refractivity contribution in [1.29, 1.82) is 0 Å². The zero-order valence-electron chi connectivity index (χ0n) is 14.6. The van der Waals surface area contributed by atoms with Crippen LogP contribution >= 0.6 is 15.9 Å². The number of anilines is 1. The van der Waals surface area contributed by atoms with Gasteiger partial charge in [-0.25, -0.2) is 4.79 Å². The highest BCUT2D eigenvalue weighted by Crippen LogP contribution is 2.20. The number of aryl methyl sites for hydroxylation is 1. The minimum absolute atomic E-state index is 0.355. The zero-order valence-corrected chi connectivity index (χ0v) is 16.2. The van der Waals surface area contributed by atoms with Gasteiger partial charge in [0.1, 0.15) is 5.75 Å². The van der Waals surface area contributed by atoms with Gasteiger partial charge in [-0.15, -0.1) is 0 Å². The van der Waals surface area contributed by atoms with Gasteiger partial charge < -0.3 is 14.8 Å². The summed E-state index contributed by atoms with van der Waals surface area (Å²) >= 11 is 3.36. The smallest absolute Gasteiger partial charge is 0.331 e. The highest BCUT2D eigenvalue weighted by Gasteiger charge is 2.08. The van der Waals surface area contributed by atoms with Crippen molar-refractivity contribution in [3.63, 3.8) is 0 Å². The van der Waals surface area contributed by atoms with Crippen LogP contribution in [-0.2, 0) is 14.3 Å². The van der Waals surface area contributed by atoms with E-state index in [0.29, 0.717) is 18.0 Å². The molecule has 0 spiro atoms. The number of amides is 1. The minimum Gasteiger partial charge on any atom is -0.493 e. The topological polar surface area (TPSA) is 64.6 Å². The van der Waals surface area contributed by atoms with Gasteiger partial charge in [0.05, 0.1) is 6.61 Å². The van der Waals surface area contributed by atoms with Gasteiger partial charge in [0.25, 0.3) is 5.91 Å². The molecule has 2 aromatic rings. The van der Waals surface area contributed by atoms with Crippen molar-refractivity contribution < 1.29 is 19.1 Å². The summed E-state index contributed by atoms with van der Waals surface area (Å²) in [5.41, 5.74) is 2.35. The maximum absolute atomic E-state index is 11.9. The van der Waals surface area contributed by atoms with Gasteiger partial charge in [0.2, 0.25) is 0 Å². The van der Waals surface area contributed by atoms with Crippen LogP contribution in [0.2, 0.25) is 0 Å². The van der Waals surface area contributed by atoms with E-state index in [1.807, 2.05) is 50.2 Å². The van der Waals surface area contributed by atoms with Gasteiger partial charge in [0.15, 0.2) is 6.61 Å². The first-order valence-electron chi connectivity index (χ1n) is 8.12. The van der Waals surface area contributed by atoms with Crippen LogP contribution in [0.15, 0.2) is 53.0 Å². The Bertz CT molecular complexity index is 817. The summed E-state index contributed by atoms with van der Waals surface area (Å²) < 4.78 is 11.4. The monoisotopic (exact) mass is 417 g/mol. The number of rotatable bonds is 7. The molecule has 0 aliphatic carbocycles. The van der Waals surface area contributed by atoms with E-state index in [2.05, 4.69) is 21.2 Å². The van der Waals surface area contributed by atoms with Crippen molar-refractivity contribution in [3.05, 3.63) is 64.1 Å². The SMILES string of the molecule is CCOc1ccccc1/C=C/C(=O)OCC(=O)Nc1ccc(Br)cc1C. The predicted octanol–water partition coefficient (Wildman–Crippen LogP) is 4.35. The molecule has 1 N–H and O–H groups in total. The van der Waals surface area contributed by atoms with Crippen LogP contribution in [0.5, 0.6) is 5.75 Å². The molecule has 0 saturated heterocycles. The summed E-state index contributed by atoms with van der Waals surface area (Å²) in [6.45, 7) is 3.95. The summed E-state index contributed by atoms with van der Waals surface area (Å²) in [7, 11) is 0. The summed E-state index contributed by atoms with van der Waals surface area (Å²) in [6, 6.07) is 12.9. The normalized spacial score (nSPS) is 10.6. The number of carbonyl (C=O) groups excluding carboxylic acids is 2. The van der Waals surface area contributed by atoms with Crippen LogP contribution in [-0.4, -0.2) is 25.1 Å². The first-order chi connectivity index (χ1) is 12.5. The second-order valence-electron chi connectivity index (χ2n) is 5.42. The quantitative estimate of drug-likeness (QED) is 0.537. The molecule has 0 heterocycles. The number of halogens is 1. The van der Waals surface area contributed by atoms with Gasteiger partial charge >= 0.3 is 5.97 Å². The molecular formula is C20H20BrNO4. The average molecular weight is 418 g/mol. The van der Waals surface area contributed by atoms with Crippen molar-refractivity contribution in [2.45, 2.75) is 13.8 Å². The Morgan fingerprint density at radius 2 is 1.96 bits per heavy atom. The molecule has 6 heteroatoms. The standard InChI is InChI=1S/C20H20BrNO4/c1-3-25-18-7-5-4-6-15(18)8-11-20(24)26-13-19(23)22-17-10-9-16(21)12-14(17)2/h4-12H,3,13H2,1-2H3,(H,22,23)/b11-8+. The Morgan fingerprint density at radius 1 is 1.19 bits per heavy atom. The summed E-state index contributed by atoms with van der Waals surface area (Å²) in [5.74, 6) is -0.312. The number of esters is 1. The third-order valence-electron chi connectivity index (χ3n) is 3.43. The van der Waals surface area contributed by atoms with Crippen LogP contribution in [0.3, 0.4) is 0 Å². The lowest BCUT2D eigenvalue weighted by molar-refractivity contribution is -0.142. The fraction of sp³-hybridized carbons (Fsp3) is 0.200. The molecule has 2 aromatic carbocycles. The van der Waals surface area contributed by atoms with E-state index in [4.69, 9.17) is 9.47 Å². The van der Waals surface area contributed by atoms with Crippen molar-refractivity contribution in [2.24, 2.45) is 0 Å². The third kappa shape index (κ3) is 6.04. The molecule has 0 radical (unpaired) electrons. The molecule has 0 bridgehead atoms. The number of benzene rings is 2. The molecule has 26 heavy (non-hydrogen) atoms. The van der Waals surface area contributed by atoms with Crippen molar-refractivity contribution in [1.82, 2.24) is 0 Å². The number of carbonyl (C=O) groups is 2. The third-order valence-corrected chi connectivity index (χ3v) is 3.92. The molecule has 0 aliphatic heterocycles. The van der Waals surface area contributed by atoms with Crippen LogP contribution in [0, 0.1) is 6.92 Å². The van der Waals surface area contributed by atoms with E-state index in [-0.39, 0.29) is 6.61 Å². The first kappa shape index (κ1) is 19.7. The van der Waals surface area contributed by atoms with E-state index in [1.54, 1.807) is 12.1 Å². The molecule has 2 rings (SSSR count). The Hall–Kier alpha value is -2.60. The fourth-order valence-electron chi connectivity index (χ4n) is 2.20. The Labute approximate surface area is 161 Å². The molecule has 0 saturated carbocycles. The molecule has 0 aliphatic rings. The summed E-state index contributed by atoms with van der Waals surface area (Å²) in [5, 5.41) is 2.71. The van der Waals surface area contributed by atoms with E-state index in [1.165, 1.54) is 6.08 Å². The lowest BCUT2D eigenvalue weighted by atomic mass is 10.2. The number of nitrogens with one attached hydrogen (secondary N) is 1. The summed E-state index contributed by atoms with van der Waals surface area (Å²) in [6.07, 6.45) is 2.88. The van der Waals surface area contributed by atoms with Gasteiger partial charge in [-0.1, -0.05) is 34.1 Å². The molecule has 0 unspecified atom stereocenters. The molecule has 0 fully saturated rings. The molecule has 5 nitrogen and oxygen atoms in total. The molecule has 0 aromatic heterocycles. The number of hydrogen-bond acceptors (Lipinski definition) is 4. The molecular weight excluding hydrogens is 398 g/mol. The Balaban J connectivity index is 1.87. The largest absolute Gasteiger partial charge is 0.493 e. The lowest BCUT2D eigenvalue weighted by Crippen LogP contribution is -2.20. The minimum atomic E-state index is -0.598. The van der Waals surface area contributed by atoms with Gasteiger partial charge in [0, 0.05) is 21.8 Å². The maximum Gasteiger partial charge on any atom is 0.331 e. The molecule has 136 valence electrons. The van der Waals surface area contributed by atoms with E-state index >= 15 is 0 Å². The maximum atomic E-state index is 11.9. The zero-order chi connectivity index (χ0) is 18.9. The second-order valence-corrected chi connectivity index (χ2v) is 6.33. The van der Waals surface area contributed by atoms with Crippen molar-refractivity contribution in [3.8, 4) is 5.75 Å². The second kappa shape index (κ2) is 9.77. The number of para-hydroxylation sites is 1. The summed E-state index contributed by atoms with van der Waals surface area (Å²) in [4.78, 5) is 23.7. The lowest BCUT2D eigenvalue weighted by Gasteiger charge is -2.09. The van der Waals surface area contributed by atoms with Crippen molar-refractivity contribution in [2.75, 3.05) is 18.5 Å². The van der Waals surface area contributed by atoms with Gasteiger partial charge in [-0.3, -0.25) is 4.79 Å².